The number of benzene rings is 1. The summed E-state index contributed by atoms with van der Waals surface area (Å²) in [6, 6.07) is 4.11. The lowest BCUT2D eigenvalue weighted by molar-refractivity contribution is 0.529. The second kappa shape index (κ2) is 6.53. The van der Waals surface area contributed by atoms with Gasteiger partial charge < -0.3 is 5.32 Å². The van der Waals surface area contributed by atoms with Crippen LogP contribution in [0.15, 0.2) is 23.1 Å². The highest BCUT2D eigenvalue weighted by Gasteiger charge is 2.28. The lowest BCUT2D eigenvalue weighted by atomic mass is 10.2. The standard InChI is InChI=1S/C14H19F2NS/c1-2-8-17-12-4-3-5-13(12)18-14-9-10(15)6-7-11(14)16/h6-7,9,12-13,17H,2-5,8H2,1H3. The van der Waals surface area contributed by atoms with Crippen molar-refractivity contribution in [2.75, 3.05) is 6.54 Å². The largest absolute Gasteiger partial charge is 0.313 e. The quantitative estimate of drug-likeness (QED) is 0.869. The molecule has 1 aromatic rings. The van der Waals surface area contributed by atoms with E-state index < -0.39 is 0 Å². The van der Waals surface area contributed by atoms with Gasteiger partial charge in [0.25, 0.3) is 0 Å². The van der Waals surface area contributed by atoms with E-state index in [1.807, 2.05) is 0 Å². The van der Waals surface area contributed by atoms with E-state index in [0.29, 0.717) is 16.2 Å². The fourth-order valence-electron chi connectivity index (χ4n) is 2.36. The molecule has 18 heavy (non-hydrogen) atoms. The van der Waals surface area contributed by atoms with E-state index in [0.717, 1.165) is 32.2 Å². The molecule has 0 aliphatic heterocycles. The minimum atomic E-state index is -0.366. The first-order valence-electron chi connectivity index (χ1n) is 6.55. The molecule has 1 fully saturated rings. The van der Waals surface area contributed by atoms with Crippen molar-refractivity contribution in [1.29, 1.82) is 0 Å². The number of halogens is 2. The zero-order valence-electron chi connectivity index (χ0n) is 10.6. The van der Waals surface area contributed by atoms with Crippen LogP contribution in [0, 0.1) is 11.6 Å². The van der Waals surface area contributed by atoms with Crippen molar-refractivity contribution in [2.24, 2.45) is 0 Å². The van der Waals surface area contributed by atoms with Crippen molar-refractivity contribution in [2.45, 2.75) is 48.8 Å². The zero-order chi connectivity index (χ0) is 13.0. The number of nitrogens with one attached hydrogen (secondary N) is 1. The summed E-state index contributed by atoms with van der Waals surface area (Å²) in [6.45, 7) is 3.13. The number of hydrogen-bond donors (Lipinski definition) is 1. The molecule has 1 aliphatic rings. The lowest BCUT2D eigenvalue weighted by Crippen LogP contribution is -2.34. The monoisotopic (exact) mass is 271 g/mol. The topological polar surface area (TPSA) is 12.0 Å². The predicted octanol–water partition coefficient (Wildman–Crippen LogP) is 3.98. The van der Waals surface area contributed by atoms with Crippen LogP contribution in [0.25, 0.3) is 0 Å². The molecule has 0 bridgehead atoms. The Morgan fingerprint density at radius 1 is 1.33 bits per heavy atom. The Morgan fingerprint density at radius 3 is 2.94 bits per heavy atom. The second-order valence-electron chi connectivity index (χ2n) is 4.72. The van der Waals surface area contributed by atoms with Gasteiger partial charge in [0, 0.05) is 16.2 Å². The lowest BCUT2D eigenvalue weighted by Gasteiger charge is -2.20. The van der Waals surface area contributed by atoms with Crippen LogP contribution >= 0.6 is 11.8 Å². The molecule has 0 heterocycles. The molecule has 1 saturated carbocycles. The van der Waals surface area contributed by atoms with Crippen molar-refractivity contribution in [3.63, 3.8) is 0 Å². The van der Waals surface area contributed by atoms with Crippen molar-refractivity contribution < 1.29 is 8.78 Å². The molecule has 4 heteroatoms. The number of thioether (sulfide) groups is 1. The van der Waals surface area contributed by atoms with E-state index in [4.69, 9.17) is 0 Å². The average Bonchev–Trinajstić information content (AvgIpc) is 2.79. The van der Waals surface area contributed by atoms with Crippen LogP contribution in [0.2, 0.25) is 0 Å². The highest BCUT2D eigenvalue weighted by atomic mass is 32.2. The summed E-state index contributed by atoms with van der Waals surface area (Å²) >= 11 is 1.47. The smallest absolute Gasteiger partial charge is 0.136 e. The molecule has 1 N–H and O–H groups in total. The first-order valence-corrected chi connectivity index (χ1v) is 7.43. The number of hydrogen-bond acceptors (Lipinski definition) is 2. The van der Waals surface area contributed by atoms with Crippen molar-refractivity contribution in [1.82, 2.24) is 5.32 Å². The van der Waals surface area contributed by atoms with E-state index in [1.165, 1.54) is 30.0 Å². The SMILES string of the molecule is CCCNC1CCCC1Sc1cc(F)ccc1F. The molecule has 1 nitrogen and oxygen atoms in total. The molecule has 0 amide bonds. The van der Waals surface area contributed by atoms with Gasteiger partial charge in [0.15, 0.2) is 0 Å². The van der Waals surface area contributed by atoms with E-state index >= 15 is 0 Å². The minimum Gasteiger partial charge on any atom is -0.313 e. The maximum absolute atomic E-state index is 13.6. The summed E-state index contributed by atoms with van der Waals surface area (Å²) in [6.07, 6.45) is 4.47. The molecule has 2 unspecified atom stereocenters. The summed E-state index contributed by atoms with van der Waals surface area (Å²) in [7, 11) is 0. The van der Waals surface area contributed by atoms with Gasteiger partial charge in [-0.1, -0.05) is 13.3 Å². The zero-order valence-corrected chi connectivity index (χ0v) is 11.4. The molecule has 1 aliphatic carbocycles. The molecule has 2 atom stereocenters. The molecule has 100 valence electrons. The first-order chi connectivity index (χ1) is 8.70. The molecular formula is C14H19F2NS. The maximum atomic E-state index is 13.6. The molecule has 2 rings (SSSR count). The summed E-state index contributed by atoms with van der Waals surface area (Å²) < 4.78 is 26.7. The number of rotatable bonds is 5. The van der Waals surface area contributed by atoms with Gasteiger partial charge in [-0.05, 0) is 44.0 Å². The van der Waals surface area contributed by atoms with E-state index in [2.05, 4.69) is 12.2 Å². The maximum Gasteiger partial charge on any atom is 0.136 e. The van der Waals surface area contributed by atoms with Crippen molar-refractivity contribution in [3.8, 4) is 0 Å². The van der Waals surface area contributed by atoms with Gasteiger partial charge in [-0.25, -0.2) is 8.78 Å². The van der Waals surface area contributed by atoms with Gasteiger partial charge in [0.2, 0.25) is 0 Å². The first kappa shape index (κ1) is 13.8. The third kappa shape index (κ3) is 3.45. The van der Waals surface area contributed by atoms with Gasteiger partial charge in [0.05, 0.1) is 0 Å². The Balaban J connectivity index is 2.01. The van der Waals surface area contributed by atoms with Gasteiger partial charge in [0.1, 0.15) is 11.6 Å². The average molecular weight is 271 g/mol. The van der Waals surface area contributed by atoms with Crippen LogP contribution < -0.4 is 5.32 Å². The minimum absolute atomic E-state index is 0.317. The molecule has 0 saturated heterocycles. The van der Waals surface area contributed by atoms with Gasteiger partial charge in [-0.2, -0.15) is 0 Å². The summed E-state index contributed by atoms with van der Waals surface area (Å²) in [5.74, 6) is -0.683. The molecule has 1 aromatic carbocycles. The summed E-state index contributed by atoms with van der Waals surface area (Å²) in [4.78, 5) is 0.435. The third-order valence-electron chi connectivity index (χ3n) is 3.28. The molecule has 0 aromatic heterocycles. The van der Waals surface area contributed by atoms with Crippen molar-refractivity contribution >= 4 is 11.8 Å². The highest BCUT2D eigenvalue weighted by molar-refractivity contribution is 8.00. The molecule has 0 radical (unpaired) electrons. The fraction of sp³-hybridized carbons (Fsp3) is 0.571. The summed E-state index contributed by atoms with van der Waals surface area (Å²) in [5.41, 5.74) is 0. The van der Waals surface area contributed by atoms with Gasteiger partial charge in [-0.3, -0.25) is 0 Å². The van der Waals surface area contributed by atoms with Crippen LogP contribution in [0.1, 0.15) is 32.6 Å². The Morgan fingerprint density at radius 2 is 2.17 bits per heavy atom. The summed E-state index contributed by atoms with van der Waals surface area (Å²) in [5, 5.41) is 3.85. The third-order valence-corrected chi connectivity index (χ3v) is 4.71. The predicted molar refractivity (Wildman–Crippen MR) is 71.9 cm³/mol. The van der Waals surface area contributed by atoms with Crippen LogP contribution in [0.4, 0.5) is 8.78 Å². The molecular weight excluding hydrogens is 252 g/mol. The van der Waals surface area contributed by atoms with Crippen LogP contribution in [0.5, 0.6) is 0 Å². The second-order valence-corrected chi connectivity index (χ2v) is 6.00. The Hall–Kier alpha value is -0.610. The Bertz CT molecular complexity index is 397. The van der Waals surface area contributed by atoms with Crippen LogP contribution in [0.3, 0.4) is 0 Å². The van der Waals surface area contributed by atoms with Crippen LogP contribution in [-0.2, 0) is 0 Å². The van der Waals surface area contributed by atoms with Crippen molar-refractivity contribution in [3.05, 3.63) is 29.8 Å². The normalized spacial score (nSPS) is 23.5. The fourth-order valence-corrected chi connectivity index (χ4v) is 3.73. The van der Waals surface area contributed by atoms with E-state index in [1.54, 1.807) is 0 Å². The van der Waals surface area contributed by atoms with Gasteiger partial charge >= 0.3 is 0 Å². The highest BCUT2D eigenvalue weighted by Crippen LogP contribution is 2.36. The van der Waals surface area contributed by atoms with E-state index in [-0.39, 0.29) is 11.6 Å². The Kier molecular flexibility index (Phi) is 5.01. The Labute approximate surface area is 111 Å². The van der Waals surface area contributed by atoms with E-state index in [9.17, 15) is 8.78 Å². The van der Waals surface area contributed by atoms with Crippen LogP contribution in [-0.4, -0.2) is 17.8 Å². The van der Waals surface area contributed by atoms with Gasteiger partial charge in [-0.15, -0.1) is 11.8 Å². The molecule has 0 spiro atoms.